The molecule has 110 valence electrons. The van der Waals surface area contributed by atoms with Crippen LogP contribution >= 0.6 is 0 Å². The van der Waals surface area contributed by atoms with Crippen molar-refractivity contribution in [2.24, 2.45) is 0 Å². The Kier molecular flexibility index (Phi) is 4.99. The summed E-state index contributed by atoms with van der Waals surface area (Å²) >= 11 is 0. The van der Waals surface area contributed by atoms with Crippen LogP contribution in [0.3, 0.4) is 0 Å². The molecule has 0 saturated heterocycles. The van der Waals surface area contributed by atoms with Crippen LogP contribution < -0.4 is 5.32 Å². The molecule has 1 aliphatic carbocycles. The number of hydrogen-bond acceptors (Lipinski definition) is 2. The van der Waals surface area contributed by atoms with Crippen LogP contribution in [0.4, 0.5) is 10.1 Å². The molecule has 1 aromatic carbocycles. The number of anilines is 1. The molecule has 0 aliphatic heterocycles. The van der Waals surface area contributed by atoms with E-state index in [1.807, 2.05) is 18.7 Å². The lowest BCUT2D eigenvalue weighted by Gasteiger charge is -2.28. The Hall–Kier alpha value is -1.58. The van der Waals surface area contributed by atoms with Gasteiger partial charge in [0, 0.05) is 19.1 Å². The summed E-state index contributed by atoms with van der Waals surface area (Å²) in [6, 6.07) is 5.01. The predicted molar refractivity (Wildman–Crippen MR) is 79.5 cm³/mol. The van der Waals surface area contributed by atoms with Crippen molar-refractivity contribution in [3.8, 4) is 0 Å². The molecule has 1 fully saturated rings. The van der Waals surface area contributed by atoms with Crippen molar-refractivity contribution in [3.63, 3.8) is 0 Å². The monoisotopic (exact) mass is 278 g/mol. The van der Waals surface area contributed by atoms with E-state index >= 15 is 0 Å². The van der Waals surface area contributed by atoms with Gasteiger partial charge in [-0.1, -0.05) is 18.9 Å². The van der Waals surface area contributed by atoms with E-state index in [1.54, 1.807) is 12.1 Å². The zero-order chi connectivity index (χ0) is 14.5. The fraction of sp³-hybridized carbons (Fsp3) is 0.562. The van der Waals surface area contributed by atoms with Gasteiger partial charge in [-0.2, -0.15) is 0 Å². The van der Waals surface area contributed by atoms with Crippen molar-refractivity contribution in [3.05, 3.63) is 29.6 Å². The molecule has 3 nitrogen and oxygen atoms in total. The minimum atomic E-state index is -0.361. The van der Waals surface area contributed by atoms with Gasteiger partial charge in [-0.05, 0) is 38.8 Å². The van der Waals surface area contributed by atoms with Crippen LogP contribution in [0.5, 0.6) is 0 Å². The number of carbonyl (C=O) groups is 1. The van der Waals surface area contributed by atoms with E-state index in [9.17, 15) is 9.18 Å². The minimum absolute atomic E-state index is 0.0603. The molecular weight excluding hydrogens is 255 g/mol. The molecule has 0 aromatic heterocycles. The van der Waals surface area contributed by atoms with Gasteiger partial charge in [-0.15, -0.1) is 0 Å². The number of carbonyl (C=O) groups excluding carboxylic acids is 1. The number of amides is 1. The van der Waals surface area contributed by atoms with Gasteiger partial charge in [0.2, 0.25) is 0 Å². The van der Waals surface area contributed by atoms with Crippen LogP contribution in [0.2, 0.25) is 0 Å². The maximum atomic E-state index is 13.9. The molecule has 0 atom stereocenters. The normalized spacial score (nSPS) is 15.3. The van der Waals surface area contributed by atoms with Crippen LogP contribution in [0.1, 0.15) is 49.9 Å². The van der Waals surface area contributed by atoms with Crippen LogP contribution in [0.25, 0.3) is 0 Å². The highest BCUT2D eigenvalue weighted by Gasteiger charge is 2.28. The van der Waals surface area contributed by atoms with Gasteiger partial charge in [0.1, 0.15) is 5.82 Å². The predicted octanol–water partition coefficient (Wildman–Crippen LogP) is 3.66. The number of halogens is 1. The molecule has 0 unspecified atom stereocenters. The van der Waals surface area contributed by atoms with Gasteiger partial charge in [0.25, 0.3) is 5.91 Å². The second-order valence-electron chi connectivity index (χ2n) is 5.22. The molecule has 0 heterocycles. The maximum Gasteiger partial charge on any atom is 0.256 e. The highest BCUT2D eigenvalue weighted by atomic mass is 19.1. The van der Waals surface area contributed by atoms with E-state index in [1.165, 1.54) is 18.9 Å². The van der Waals surface area contributed by atoms with Crippen molar-refractivity contribution in [1.29, 1.82) is 0 Å². The Balaban J connectivity index is 2.29. The van der Waals surface area contributed by atoms with Crippen molar-refractivity contribution in [2.45, 2.75) is 45.6 Å². The molecule has 20 heavy (non-hydrogen) atoms. The highest BCUT2D eigenvalue weighted by Crippen LogP contribution is 2.27. The maximum absolute atomic E-state index is 13.9. The summed E-state index contributed by atoms with van der Waals surface area (Å²) in [5.74, 6) is -0.421. The van der Waals surface area contributed by atoms with E-state index < -0.39 is 0 Å². The summed E-state index contributed by atoms with van der Waals surface area (Å²) in [6.07, 6.45) is 4.48. The third-order valence-electron chi connectivity index (χ3n) is 3.96. The van der Waals surface area contributed by atoms with E-state index in [0.717, 1.165) is 12.8 Å². The molecule has 0 radical (unpaired) electrons. The van der Waals surface area contributed by atoms with E-state index in [4.69, 9.17) is 0 Å². The highest BCUT2D eigenvalue weighted by molar-refractivity contribution is 6.00. The van der Waals surface area contributed by atoms with Crippen molar-refractivity contribution in [1.82, 2.24) is 4.90 Å². The second kappa shape index (κ2) is 6.73. The molecule has 0 spiro atoms. The van der Waals surface area contributed by atoms with Crippen LogP contribution in [0.15, 0.2) is 18.2 Å². The average Bonchev–Trinajstić information content (AvgIpc) is 2.96. The Labute approximate surface area is 120 Å². The third kappa shape index (κ3) is 2.94. The first kappa shape index (κ1) is 14.8. The summed E-state index contributed by atoms with van der Waals surface area (Å²) in [5, 5.41) is 2.97. The number of rotatable bonds is 5. The Morgan fingerprint density at radius 2 is 2.05 bits per heavy atom. The average molecular weight is 278 g/mol. The molecule has 1 N–H and O–H groups in total. The largest absolute Gasteiger partial charge is 0.382 e. The SMILES string of the molecule is CCNc1c(F)cccc1C(=O)N(CC)C1CCCC1. The fourth-order valence-electron chi connectivity index (χ4n) is 3.00. The first-order valence-corrected chi connectivity index (χ1v) is 7.52. The lowest BCUT2D eigenvalue weighted by Crippen LogP contribution is -2.39. The van der Waals surface area contributed by atoms with E-state index in [0.29, 0.717) is 30.4 Å². The van der Waals surface area contributed by atoms with E-state index in [-0.39, 0.29) is 11.7 Å². The van der Waals surface area contributed by atoms with Gasteiger partial charge in [0.05, 0.1) is 11.3 Å². The lowest BCUT2D eigenvalue weighted by molar-refractivity contribution is 0.0694. The third-order valence-corrected chi connectivity index (χ3v) is 3.96. The zero-order valence-corrected chi connectivity index (χ0v) is 12.3. The summed E-state index contributed by atoms with van der Waals surface area (Å²) in [6.45, 7) is 5.15. The molecule has 4 heteroatoms. The van der Waals surface area contributed by atoms with Crippen molar-refractivity contribution in [2.75, 3.05) is 18.4 Å². The number of benzene rings is 1. The first-order chi connectivity index (χ1) is 9.69. The lowest BCUT2D eigenvalue weighted by atomic mass is 10.1. The van der Waals surface area contributed by atoms with Crippen LogP contribution in [0, 0.1) is 5.82 Å². The molecule has 1 saturated carbocycles. The number of nitrogens with zero attached hydrogens (tertiary/aromatic N) is 1. The summed E-state index contributed by atoms with van der Waals surface area (Å²) in [4.78, 5) is 14.6. The van der Waals surface area contributed by atoms with Gasteiger partial charge < -0.3 is 10.2 Å². The van der Waals surface area contributed by atoms with Gasteiger partial charge in [-0.3, -0.25) is 4.79 Å². The van der Waals surface area contributed by atoms with Crippen molar-refractivity contribution >= 4 is 11.6 Å². The second-order valence-corrected chi connectivity index (χ2v) is 5.22. The molecule has 2 rings (SSSR count). The zero-order valence-electron chi connectivity index (χ0n) is 12.3. The number of nitrogens with one attached hydrogen (secondary N) is 1. The van der Waals surface area contributed by atoms with E-state index in [2.05, 4.69) is 5.32 Å². The summed E-state index contributed by atoms with van der Waals surface area (Å²) in [5.41, 5.74) is 0.775. The topological polar surface area (TPSA) is 32.3 Å². The molecule has 1 aliphatic rings. The van der Waals surface area contributed by atoms with Crippen LogP contribution in [-0.2, 0) is 0 Å². The summed E-state index contributed by atoms with van der Waals surface area (Å²) < 4.78 is 13.9. The Bertz CT molecular complexity index is 470. The number of para-hydroxylation sites is 1. The fourth-order valence-corrected chi connectivity index (χ4v) is 3.00. The van der Waals surface area contributed by atoms with Gasteiger partial charge in [-0.25, -0.2) is 4.39 Å². The minimum Gasteiger partial charge on any atom is -0.382 e. The Morgan fingerprint density at radius 1 is 1.35 bits per heavy atom. The number of hydrogen-bond donors (Lipinski definition) is 1. The molecule has 0 bridgehead atoms. The standard InChI is InChI=1S/C16H23FN2O/c1-3-18-15-13(10-7-11-14(15)17)16(20)19(4-2)12-8-5-6-9-12/h7,10-12,18H,3-6,8-9H2,1-2H3. The van der Waals surface area contributed by atoms with Gasteiger partial charge in [0.15, 0.2) is 0 Å². The summed E-state index contributed by atoms with van der Waals surface area (Å²) in [7, 11) is 0. The molecular formula is C16H23FN2O. The molecule has 1 amide bonds. The first-order valence-electron chi connectivity index (χ1n) is 7.52. The smallest absolute Gasteiger partial charge is 0.256 e. The molecule has 1 aromatic rings. The Morgan fingerprint density at radius 3 is 2.65 bits per heavy atom. The van der Waals surface area contributed by atoms with Crippen molar-refractivity contribution < 1.29 is 9.18 Å². The quantitative estimate of drug-likeness (QED) is 0.891. The van der Waals surface area contributed by atoms with Gasteiger partial charge >= 0.3 is 0 Å². The van der Waals surface area contributed by atoms with Crippen LogP contribution in [-0.4, -0.2) is 29.9 Å².